The molecule has 1 saturated heterocycles. The largest absolute Gasteiger partial charge is 0.378 e. The van der Waals surface area contributed by atoms with Crippen LogP contribution in [0, 0.1) is 41.4 Å². The maximum absolute atomic E-state index is 12.2. The van der Waals surface area contributed by atoms with E-state index in [0.29, 0.717) is 12.5 Å². The first-order valence-electron chi connectivity index (χ1n) is 16.4. The SMILES string of the molecule is C=CC1CCC(C2CCC(CCCCC3CCC(C4CCC(CCCC=C(F)F)OC4)CC3)CC2)CC1. The van der Waals surface area contributed by atoms with Crippen molar-refractivity contribution in [3.05, 3.63) is 24.8 Å². The molecule has 1 nitrogen and oxygen atoms in total. The van der Waals surface area contributed by atoms with Crippen molar-refractivity contribution in [3.63, 3.8) is 0 Å². The summed E-state index contributed by atoms with van der Waals surface area (Å²) < 4.78 is 30.5. The standard InChI is InChI=1S/C34H56F2O/c1-2-26-11-17-29(18-12-26)30-19-13-27(14-20-30)7-3-4-8-28-15-21-31(22-16-28)32-23-24-33(37-25-32)9-5-6-10-34(35)36/h2,10,26-33H,1,3-9,11-25H2. The number of hydrogen-bond acceptors (Lipinski definition) is 1. The molecule has 0 bridgehead atoms. The van der Waals surface area contributed by atoms with Gasteiger partial charge in [-0.05, 0) is 131 Å². The third-order valence-corrected chi connectivity index (χ3v) is 11.2. The van der Waals surface area contributed by atoms with Crippen LogP contribution >= 0.6 is 0 Å². The summed E-state index contributed by atoms with van der Waals surface area (Å²) in [7, 11) is 0. The van der Waals surface area contributed by atoms with Gasteiger partial charge in [0, 0.05) is 0 Å². The molecule has 2 atom stereocenters. The summed E-state index contributed by atoms with van der Waals surface area (Å²) >= 11 is 0. The fraction of sp³-hybridized carbons (Fsp3) is 0.882. The Labute approximate surface area is 227 Å². The van der Waals surface area contributed by atoms with Crippen LogP contribution < -0.4 is 0 Å². The van der Waals surface area contributed by atoms with E-state index in [-0.39, 0.29) is 0 Å². The quantitative estimate of drug-likeness (QED) is 0.184. The van der Waals surface area contributed by atoms with E-state index in [2.05, 4.69) is 12.7 Å². The van der Waals surface area contributed by atoms with E-state index < -0.39 is 6.08 Å². The molecule has 0 aromatic rings. The van der Waals surface area contributed by atoms with Crippen LogP contribution in [0.2, 0.25) is 0 Å². The third-order valence-electron chi connectivity index (χ3n) is 11.2. The molecular formula is C34H56F2O. The smallest absolute Gasteiger partial charge is 0.266 e. The Morgan fingerprint density at radius 1 is 0.622 bits per heavy atom. The van der Waals surface area contributed by atoms with E-state index in [0.717, 1.165) is 73.4 Å². The van der Waals surface area contributed by atoms with Crippen LogP contribution in [0.4, 0.5) is 8.78 Å². The van der Waals surface area contributed by atoms with Gasteiger partial charge in [0.2, 0.25) is 0 Å². The molecule has 37 heavy (non-hydrogen) atoms. The molecule has 2 unspecified atom stereocenters. The Morgan fingerprint density at radius 2 is 1.14 bits per heavy atom. The molecule has 4 aliphatic rings. The maximum Gasteiger partial charge on any atom is 0.266 e. The van der Waals surface area contributed by atoms with Crippen molar-refractivity contribution in [3.8, 4) is 0 Å². The lowest BCUT2D eigenvalue weighted by Crippen LogP contribution is -2.32. The van der Waals surface area contributed by atoms with Crippen molar-refractivity contribution >= 4 is 0 Å². The van der Waals surface area contributed by atoms with E-state index in [1.54, 1.807) is 0 Å². The second-order valence-electron chi connectivity index (χ2n) is 13.5. The van der Waals surface area contributed by atoms with Crippen LogP contribution in [0.25, 0.3) is 0 Å². The summed E-state index contributed by atoms with van der Waals surface area (Å²) in [6.07, 6.45) is 30.0. The number of unbranched alkanes of at least 4 members (excludes halogenated alkanes) is 2. The van der Waals surface area contributed by atoms with Gasteiger partial charge in [0.25, 0.3) is 6.08 Å². The van der Waals surface area contributed by atoms with Crippen molar-refractivity contribution in [1.29, 1.82) is 0 Å². The van der Waals surface area contributed by atoms with Crippen molar-refractivity contribution in [1.82, 2.24) is 0 Å². The van der Waals surface area contributed by atoms with Gasteiger partial charge in [-0.3, -0.25) is 0 Å². The van der Waals surface area contributed by atoms with Gasteiger partial charge in [-0.1, -0.05) is 57.4 Å². The van der Waals surface area contributed by atoms with Gasteiger partial charge in [-0.25, -0.2) is 0 Å². The zero-order valence-corrected chi connectivity index (χ0v) is 23.7. The minimum atomic E-state index is -1.55. The zero-order chi connectivity index (χ0) is 25.9. The lowest BCUT2D eigenvalue weighted by Gasteiger charge is -2.38. The second kappa shape index (κ2) is 15.8. The minimum Gasteiger partial charge on any atom is -0.378 e. The Kier molecular flexibility index (Phi) is 12.5. The molecule has 4 rings (SSSR count). The molecule has 0 spiro atoms. The molecule has 1 aliphatic heterocycles. The lowest BCUT2D eigenvalue weighted by molar-refractivity contribution is -0.0426. The van der Waals surface area contributed by atoms with Gasteiger partial charge in [0.1, 0.15) is 0 Å². The maximum atomic E-state index is 12.2. The normalized spacial score (nSPS) is 37.1. The highest BCUT2D eigenvalue weighted by Gasteiger charge is 2.32. The molecule has 1 heterocycles. The van der Waals surface area contributed by atoms with Gasteiger partial charge in [-0.15, -0.1) is 6.58 Å². The topological polar surface area (TPSA) is 9.23 Å². The molecule has 0 amide bonds. The molecule has 0 aromatic carbocycles. The highest BCUT2D eigenvalue weighted by atomic mass is 19.3. The highest BCUT2D eigenvalue weighted by Crippen LogP contribution is 2.43. The van der Waals surface area contributed by atoms with Gasteiger partial charge in [0.15, 0.2) is 0 Å². The molecule has 3 saturated carbocycles. The Morgan fingerprint density at radius 3 is 1.62 bits per heavy atom. The number of halogens is 2. The average Bonchev–Trinajstić information content (AvgIpc) is 2.94. The predicted molar refractivity (Wildman–Crippen MR) is 152 cm³/mol. The summed E-state index contributed by atoms with van der Waals surface area (Å²) in [4.78, 5) is 0. The third kappa shape index (κ3) is 9.77. The summed E-state index contributed by atoms with van der Waals surface area (Å²) in [5.74, 6) is 6.47. The fourth-order valence-electron chi connectivity index (χ4n) is 8.60. The van der Waals surface area contributed by atoms with Crippen LogP contribution in [-0.2, 0) is 4.74 Å². The minimum absolute atomic E-state index is 0.302. The summed E-state index contributed by atoms with van der Waals surface area (Å²) in [5.41, 5.74) is 0. The first-order chi connectivity index (χ1) is 18.1. The summed E-state index contributed by atoms with van der Waals surface area (Å²) in [6.45, 7) is 4.92. The number of ether oxygens (including phenoxy) is 1. The molecule has 3 aliphatic carbocycles. The van der Waals surface area contributed by atoms with Crippen molar-refractivity contribution in [2.45, 2.75) is 141 Å². The molecule has 212 valence electrons. The molecule has 0 radical (unpaired) electrons. The molecular weight excluding hydrogens is 462 g/mol. The number of rotatable bonds is 12. The van der Waals surface area contributed by atoms with E-state index in [4.69, 9.17) is 4.74 Å². The van der Waals surface area contributed by atoms with Crippen LogP contribution in [0.15, 0.2) is 24.8 Å². The van der Waals surface area contributed by atoms with Crippen LogP contribution in [0.1, 0.15) is 135 Å². The summed E-state index contributed by atoms with van der Waals surface area (Å²) in [6, 6.07) is 0. The Balaban J connectivity index is 1.00. The van der Waals surface area contributed by atoms with Gasteiger partial charge in [-0.2, -0.15) is 8.78 Å². The van der Waals surface area contributed by atoms with E-state index >= 15 is 0 Å². The van der Waals surface area contributed by atoms with Crippen LogP contribution in [0.3, 0.4) is 0 Å². The van der Waals surface area contributed by atoms with Gasteiger partial charge >= 0.3 is 0 Å². The molecule has 0 N–H and O–H groups in total. The Bertz CT molecular complexity index is 653. The van der Waals surface area contributed by atoms with E-state index in [1.165, 1.54) is 109 Å². The highest BCUT2D eigenvalue weighted by molar-refractivity contribution is 4.88. The van der Waals surface area contributed by atoms with E-state index in [9.17, 15) is 8.78 Å². The monoisotopic (exact) mass is 518 g/mol. The average molecular weight is 519 g/mol. The van der Waals surface area contributed by atoms with Crippen LogP contribution in [-0.4, -0.2) is 12.7 Å². The fourth-order valence-corrected chi connectivity index (χ4v) is 8.60. The van der Waals surface area contributed by atoms with Crippen molar-refractivity contribution in [2.75, 3.05) is 6.61 Å². The molecule has 4 fully saturated rings. The first-order valence-corrected chi connectivity index (χ1v) is 16.4. The summed E-state index contributed by atoms with van der Waals surface area (Å²) in [5, 5.41) is 0. The second-order valence-corrected chi connectivity index (χ2v) is 13.5. The zero-order valence-electron chi connectivity index (χ0n) is 23.7. The van der Waals surface area contributed by atoms with Crippen molar-refractivity contribution < 1.29 is 13.5 Å². The van der Waals surface area contributed by atoms with Crippen LogP contribution in [0.5, 0.6) is 0 Å². The predicted octanol–water partition coefficient (Wildman–Crippen LogP) is 10.9. The number of allylic oxidation sites excluding steroid dienone is 2. The number of hydrogen-bond donors (Lipinski definition) is 0. The lowest BCUT2D eigenvalue weighted by atomic mass is 9.68. The molecule has 3 heteroatoms. The first kappa shape index (κ1) is 29.3. The van der Waals surface area contributed by atoms with Crippen molar-refractivity contribution in [2.24, 2.45) is 41.4 Å². The Hall–Kier alpha value is -0.700. The van der Waals surface area contributed by atoms with Gasteiger partial charge in [0.05, 0.1) is 12.7 Å². The molecule has 0 aromatic heterocycles. The van der Waals surface area contributed by atoms with E-state index in [1.807, 2.05) is 0 Å². The van der Waals surface area contributed by atoms with Gasteiger partial charge < -0.3 is 4.74 Å².